The van der Waals surface area contributed by atoms with E-state index in [9.17, 15) is 9.18 Å². The maximum absolute atomic E-state index is 12.8. The average Bonchev–Trinajstić information content (AvgIpc) is 2.08. The smallest absolute Gasteiger partial charge is 0.166 e. The van der Waals surface area contributed by atoms with Gasteiger partial charge in [0.2, 0.25) is 0 Å². The second kappa shape index (κ2) is 4.19. The molecule has 0 aliphatic rings. The van der Waals surface area contributed by atoms with E-state index in [2.05, 4.69) is 0 Å². The van der Waals surface area contributed by atoms with Crippen molar-refractivity contribution < 1.29 is 9.18 Å². The number of nitrogens with two attached hydrogens (primary N) is 2. The van der Waals surface area contributed by atoms with Gasteiger partial charge >= 0.3 is 0 Å². The fourth-order valence-corrected chi connectivity index (χ4v) is 1.17. The first-order valence-corrected chi connectivity index (χ1v) is 4.34. The van der Waals surface area contributed by atoms with Gasteiger partial charge in [-0.05, 0) is 25.1 Å². The lowest BCUT2D eigenvalue weighted by atomic mass is 10.0. The molecule has 1 aromatic rings. The van der Waals surface area contributed by atoms with E-state index < -0.39 is 5.82 Å². The molecule has 3 nitrogen and oxygen atoms in total. The highest BCUT2D eigenvalue weighted by Crippen LogP contribution is 2.15. The van der Waals surface area contributed by atoms with Crippen LogP contribution in [0, 0.1) is 5.82 Å². The van der Waals surface area contributed by atoms with E-state index in [1.165, 1.54) is 12.1 Å². The average molecular weight is 196 g/mol. The molecule has 0 radical (unpaired) electrons. The van der Waals surface area contributed by atoms with Gasteiger partial charge in [0.15, 0.2) is 5.78 Å². The Labute approximate surface area is 81.9 Å². The van der Waals surface area contributed by atoms with Crippen molar-refractivity contribution in [2.75, 3.05) is 5.73 Å². The fourth-order valence-electron chi connectivity index (χ4n) is 1.17. The topological polar surface area (TPSA) is 69.1 Å². The number of carbonyl (C=O) groups is 1. The Bertz CT molecular complexity index is 350. The van der Waals surface area contributed by atoms with Crippen LogP contribution in [0.15, 0.2) is 18.2 Å². The Balaban J connectivity index is 2.94. The number of benzene rings is 1. The second-order valence-corrected chi connectivity index (χ2v) is 3.34. The van der Waals surface area contributed by atoms with Crippen LogP contribution in [0.2, 0.25) is 0 Å². The van der Waals surface area contributed by atoms with Gasteiger partial charge in [0.25, 0.3) is 0 Å². The molecule has 1 unspecified atom stereocenters. The van der Waals surface area contributed by atoms with Crippen LogP contribution < -0.4 is 11.5 Å². The zero-order valence-corrected chi connectivity index (χ0v) is 7.96. The van der Waals surface area contributed by atoms with E-state index in [0.717, 1.165) is 6.07 Å². The lowest BCUT2D eigenvalue weighted by Crippen LogP contribution is -2.20. The second-order valence-electron chi connectivity index (χ2n) is 3.34. The zero-order chi connectivity index (χ0) is 10.7. The molecule has 0 fully saturated rings. The molecule has 14 heavy (non-hydrogen) atoms. The predicted octanol–water partition coefficient (Wildman–Crippen LogP) is 1.33. The maximum Gasteiger partial charge on any atom is 0.166 e. The highest BCUT2D eigenvalue weighted by atomic mass is 19.1. The summed E-state index contributed by atoms with van der Waals surface area (Å²) in [4.78, 5) is 11.5. The van der Waals surface area contributed by atoms with Crippen molar-refractivity contribution in [2.45, 2.75) is 19.4 Å². The van der Waals surface area contributed by atoms with Crippen molar-refractivity contribution in [1.29, 1.82) is 0 Å². The molecule has 0 aliphatic carbocycles. The third-order valence-corrected chi connectivity index (χ3v) is 1.82. The summed E-state index contributed by atoms with van der Waals surface area (Å²) >= 11 is 0. The van der Waals surface area contributed by atoms with E-state index in [0.29, 0.717) is 0 Å². The molecule has 76 valence electrons. The lowest BCUT2D eigenvalue weighted by molar-refractivity contribution is 0.0977. The lowest BCUT2D eigenvalue weighted by Gasteiger charge is -2.06. The highest BCUT2D eigenvalue weighted by molar-refractivity contribution is 6.00. The van der Waals surface area contributed by atoms with Gasteiger partial charge < -0.3 is 11.5 Å². The molecule has 4 heteroatoms. The quantitative estimate of drug-likeness (QED) is 0.566. The van der Waals surface area contributed by atoms with Crippen molar-refractivity contribution in [1.82, 2.24) is 0 Å². The van der Waals surface area contributed by atoms with Crippen molar-refractivity contribution in [3.63, 3.8) is 0 Å². The van der Waals surface area contributed by atoms with Crippen LogP contribution in [0.5, 0.6) is 0 Å². The van der Waals surface area contributed by atoms with Crippen LogP contribution in [0.1, 0.15) is 23.7 Å². The molecule has 0 saturated carbocycles. The molecular weight excluding hydrogens is 183 g/mol. The van der Waals surface area contributed by atoms with Crippen molar-refractivity contribution in [3.8, 4) is 0 Å². The Hall–Kier alpha value is -1.42. The van der Waals surface area contributed by atoms with Crippen LogP contribution in [-0.4, -0.2) is 11.8 Å². The van der Waals surface area contributed by atoms with Crippen molar-refractivity contribution in [2.24, 2.45) is 5.73 Å². The molecular formula is C10H13FN2O. The van der Waals surface area contributed by atoms with Crippen LogP contribution in [0.3, 0.4) is 0 Å². The number of hydrogen-bond acceptors (Lipinski definition) is 3. The largest absolute Gasteiger partial charge is 0.398 e. The van der Waals surface area contributed by atoms with Crippen LogP contribution in [0.4, 0.5) is 10.1 Å². The fraction of sp³-hybridized carbons (Fsp3) is 0.300. The summed E-state index contributed by atoms with van der Waals surface area (Å²) in [5.41, 5.74) is 11.5. The van der Waals surface area contributed by atoms with Gasteiger partial charge in [0.05, 0.1) is 0 Å². The molecule has 1 rings (SSSR count). The van der Waals surface area contributed by atoms with Crippen LogP contribution >= 0.6 is 0 Å². The van der Waals surface area contributed by atoms with Gasteiger partial charge in [-0.15, -0.1) is 0 Å². The molecule has 0 heterocycles. The van der Waals surface area contributed by atoms with E-state index in [-0.39, 0.29) is 29.5 Å². The zero-order valence-electron chi connectivity index (χ0n) is 7.96. The van der Waals surface area contributed by atoms with E-state index in [1.54, 1.807) is 6.92 Å². The first-order chi connectivity index (χ1) is 6.50. The minimum atomic E-state index is -0.466. The minimum Gasteiger partial charge on any atom is -0.398 e. The molecule has 0 spiro atoms. The summed E-state index contributed by atoms with van der Waals surface area (Å²) in [6.45, 7) is 1.72. The summed E-state index contributed by atoms with van der Waals surface area (Å²) in [7, 11) is 0. The van der Waals surface area contributed by atoms with Crippen LogP contribution in [-0.2, 0) is 0 Å². The number of carbonyl (C=O) groups excluding carboxylic acids is 1. The summed E-state index contributed by atoms with van der Waals surface area (Å²) in [6, 6.07) is 3.49. The first-order valence-electron chi connectivity index (χ1n) is 4.34. The van der Waals surface area contributed by atoms with Crippen LogP contribution in [0.25, 0.3) is 0 Å². The summed E-state index contributed by atoms with van der Waals surface area (Å²) in [5.74, 6) is -0.691. The van der Waals surface area contributed by atoms with E-state index in [4.69, 9.17) is 11.5 Å². The number of halogens is 1. The third kappa shape index (κ3) is 2.53. The van der Waals surface area contributed by atoms with E-state index >= 15 is 0 Å². The van der Waals surface area contributed by atoms with Gasteiger partial charge in [0, 0.05) is 23.7 Å². The minimum absolute atomic E-state index is 0.174. The number of rotatable bonds is 3. The third-order valence-electron chi connectivity index (χ3n) is 1.82. The van der Waals surface area contributed by atoms with Gasteiger partial charge in [-0.3, -0.25) is 4.79 Å². The highest BCUT2D eigenvalue weighted by Gasteiger charge is 2.12. The normalized spacial score (nSPS) is 12.5. The first kappa shape index (κ1) is 10.7. The van der Waals surface area contributed by atoms with Gasteiger partial charge in [0.1, 0.15) is 5.82 Å². The Morgan fingerprint density at radius 2 is 2.21 bits per heavy atom. The van der Waals surface area contributed by atoms with Gasteiger partial charge in [-0.25, -0.2) is 4.39 Å². The number of ketones is 1. The van der Waals surface area contributed by atoms with Crippen molar-refractivity contribution in [3.05, 3.63) is 29.6 Å². The standard InChI is InChI=1S/C10H13FN2O/c1-6(12)4-10(14)8-5-7(11)2-3-9(8)13/h2-3,5-6H,4,12-13H2,1H3. The maximum atomic E-state index is 12.8. The summed E-state index contributed by atoms with van der Waals surface area (Å²) < 4.78 is 12.8. The summed E-state index contributed by atoms with van der Waals surface area (Å²) in [6.07, 6.45) is 0.174. The Morgan fingerprint density at radius 1 is 1.57 bits per heavy atom. The summed E-state index contributed by atoms with van der Waals surface area (Å²) in [5, 5.41) is 0. The monoisotopic (exact) mass is 196 g/mol. The number of Topliss-reactive ketones (excluding diaryl/α,β-unsaturated/α-hetero) is 1. The van der Waals surface area contributed by atoms with Crippen molar-refractivity contribution >= 4 is 11.5 Å². The number of hydrogen-bond donors (Lipinski definition) is 2. The molecule has 0 amide bonds. The Kier molecular flexibility index (Phi) is 3.19. The molecule has 0 bridgehead atoms. The molecule has 1 aromatic carbocycles. The molecule has 0 saturated heterocycles. The molecule has 4 N–H and O–H groups in total. The number of anilines is 1. The number of nitrogen functional groups attached to an aromatic ring is 1. The molecule has 0 aromatic heterocycles. The molecule has 0 aliphatic heterocycles. The SMILES string of the molecule is CC(N)CC(=O)c1cc(F)ccc1N. The van der Waals surface area contributed by atoms with Gasteiger partial charge in [-0.1, -0.05) is 0 Å². The molecule has 1 atom stereocenters. The van der Waals surface area contributed by atoms with Gasteiger partial charge in [-0.2, -0.15) is 0 Å². The van der Waals surface area contributed by atoms with E-state index in [1.807, 2.05) is 0 Å². The Morgan fingerprint density at radius 3 is 2.79 bits per heavy atom. The predicted molar refractivity (Wildman–Crippen MR) is 53.4 cm³/mol.